The maximum absolute atomic E-state index is 12.7. The molecule has 1 fully saturated rings. The van der Waals surface area contributed by atoms with Crippen molar-refractivity contribution < 1.29 is 18.3 Å². The Morgan fingerprint density at radius 3 is 2.19 bits per heavy atom. The number of benzene rings is 2. The van der Waals surface area contributed by atoms with Crippen molar-refractivity contribution in [3.05, 3.63) is 59.1 Å². The first-order valence-corrected chi connectivity index (χ1v) is 10.6. The van der Waals surface area contributed by atoms with E-state index in [4.69, 9.17) is 21.4 Å². The Morgan fingerprint density at radius 1 is 0.963 bits per heavy atom. The molecule has 0 aliphatic carbocycles. The van der Waals surface area contributed by atoms with Gasteiger partial charge >= 0.3 is 0 Å². The van der Waals surface area contributed by atoms with Crippen LogP contribution in [0.2, 0.25) is 5.02 Å². The minimum absolute atomic E-state index is 0.00897. The van der Waals surface area contributed by atoms with Gasteiger partial charge in [-0.05, 0) is 42.0 Å². The van der Waals surface area contributed by atoms with Gasteiger partial charge in [0.2, 0.25) is 10.0 Å². The largest absolute Gasteiger partial charge is 0.491 e. The van der Waals surface area contributed by atoms with Crippen LogP contribution in [-0.4, -0.2) is 62.1 Å². The summed E-state index contributed by atoms with van der Waals surface area (Å²) in [5.41, 5.74) is 1.14. The van der Waals surface area contributed by atoms with Crippen LogP contribution in [0.1, 0.15) is 5.56 Å². The van der Waals surface area contributed by atoms with Gasteiger partial charge in [-0.15, -0.1) is 0 Å². The minimum Gasteiger partial charge on any atom is -0.491 e. The number of halogens is 1. The molecule has 1 N–H and O–H groups in total. The average Bonchev–Trinajstić information content (AvgIpc) is 2.68. The Balaban J connectivity index is 1.55. The summed E-state index contributed by atoms with van der Waals surface area (Å²) in [6.45, 7) is 3.31. The molecule has 0 spiro atoms. The standard InChI is InChI=1S/C19H23ClN2O4S/c20-17-3-7-19(8-4-17)27(24,25)22-11-9-21(10-12-22)15-16-1-5-18(6-2-16)26-14-13-23/h1-8,23H,9-15H2. The topological polar surface area (TPSA) is 70.1 Å². The molecule has 8 heteroatoms. The Morgan fingerprint density at radius 2 is 1.59 bits per heavy atom. The molecule has 0 atom stereocenters. The zero-order valence-corrected chi connectivity index (χ0v) is 16.5. The lowest BCUT2D eigenvalue weighted by Crippen LogP contribution is -2.48. The van der Waals surface area contributed by atoms with Gasteiger partial charge in [-0.2, -0.15) is 4.31 Å². The SMILES string of the molecule is O=S(=O)(c1ccc(Cl)cc1)N1CCN(Cc2ccc(OCCO)cc2)CC1. The lowest BCUT2D eigenvalue weighted by Gasteiger charge is -2.34. The van der Waals surface area contributed by atoms with E-state index in [0.717, 1.165) is 17.9 Å². The van der Waals surface area contributed by atoms with Crippen LogP contribution in [0.25, 0.3) is 0 Å². The molecule has 1 aliphatic heterocycles. The van der Waals surface area contributed by atoms with Gasteiger partial charge in [0, 0.05) is 37.7 Å². The van der Waals surface area contributed by atoms with E-state index in [1.54, 1.807) is 24.3 Å². The van der Waals surface area contributed by atoms with Crippen LogP contribution in [0.15, 0.2) is 53.4 Å². The average molecular weight is 411 g/mol. The number of sulfonamides is 1. The molecule has 1 aliphatic rings. The Kier molecular flexibility index (Phi) is 6.73. The predicted molar refractivity (Wildman–Crippen MR) is 105 cm³/mol. The minimum atomic E-state index is -3.48. The zero-order chi connectivity index (χ0) is 19.3. The van der Waals surface area contributed by atoms with Gasteiger partial charge in [-0.25, -0.2) is 8.42 Å². The van der Waals surface area contributed by atoms with E-state index in [1.807, 2.05) is 24.3 Å². The van der Waals surface area contributed by atoms with E-state index in [2.05, 4.69) is 4.90 Å². The first kappa shape index (κ1) is 20.1. The van der Waals surface area contributed by atoms with Crippen molar-refractivity contribution in [3.8, 4) is 5.75 Å². The summed E-state index contributed by atoms with van der Waals surface area (Å²) in [5, 5.41) is 9.30. The highest BCUT2D eigenvalue weighted by Crippen LogP contribution is 2.21. The van der Waals surface area contributed by atoms with Crippen molar-refractivity contribution >= 4 is 21.6 Å². The number of hydrogen-bond acceptors (Lipinski definition) is 5. The first-order chi connectivity index (χ1) is 13.0. The van der Waals surface area contributed by atoms with E-state index in [0.29, 0.717) is 31.2 Å². The molecule has 2 aromatic rings. The van der Waals surface area contributed by atoms with Crippen LogP contribution in [0.3, 0.4) is 0 Å². The van der Waals surface area contributed by atoms with Gasteiger partial charge in [0.25, 0.3) is 0 Å². The normalized spacial score (nSPS) is 16.4. The lowest BCUT2D eigenvalue weighted by atomic mass is 10.2. The molecule has 3 rings (SSSR count). The maximum atomic E-state index is 12.7. The third-order valence-electron chi connectivity index (χ3n) is 4.47. The van der Waals surface area contributed by atoms with E-state index < -0.39 is 10.0 Å². The van der Waals surface area contributed by atoms with Crippen LogP contribution in [0.5, 0.6) is 5.75 Å². The predicted octanol–water partition coefficient (Wildman–Crippen LogP) is 2.22. The molecule has 27 heavy (non-hydrogen) atoms. The fourth-order valence-electron chi connectivity index (χ4n) is 3.00. The van der Waals surface area contributed by atoms with Crippen LogP contribution >= 0.6 is 11.6 Å². The summed E-state index contributed by atoms with van der Waals surface area (Å²) in [6, 6.07) is 14.0. The molecule has 0 bridgehead atoms. The molecule has 1 saturated heterocycles. The fraction of sp³-hybridized carbons (Fsp3) is 0.368. The monoisotopic (exact) mass is 410 g/mol. The molecule has 0 radical (unpaired) electrons. The van der Waals surface area contributed by atoms with Crippen molar-refractivity contribution in [1.82, 2.24) is 9.21 Å². The van der Waals surface area contributed by atoms with Crippen molar-refractivity contribution in [2.24, 2.45) is 0 Å². The highest BCUT2D eigenvalue weighted by atomic mass is 35.5. The first-order valence-electron chi connectivity index (χ1n) is 8.80. The van der Waals surface area contributed by atoms with Crippen LogP contribution in [0, 0.1) is 0 Å². The molecular formula is C19H23ClN2O4S. The van der Waals surface area contributed by atoms with Gasteiger partial charge in [0.1, 0.15) is 12.4 Å². The lowest BCUT2D eigenvalue weighted by molar-refractivity contribution is 0.181. The quantitative estimate of drug-likeness (QED) is 0.757. The van der Waals surface area contributed by atoms with Crippen LogP contribution < -0.4 is 4.74 Å². The highest BCUT2D eigenvalue weighted by molar-refractivity contribution is 7.89. The van der Waals surface area contributed by atoms with E-state index in [1.165, 1.54) is 4.31 Å². The Bertz CT molecular complexity index is 833. The van der Waals surface area contributed by atoms with Crippen molar-refractivity contribution in [2.45, 2.75) is 11.4 Å². The summed E-state index contributed by atoms with van der Waals surface area (Å²) in [6.07, 6.45) is 0. The van der Waals surface area contributed by atoms with Gasteiger partial charge in [0.05, 0.1) is 11.5 Å². The molecule has 1 heterocycles. The number of nitrogens with zero attached hydrogens (tertiary/aromatic N) is 2. The molecule has 0 amide bonds. The third kappa shape index (κ3) is 5.21. The number of rotatable bonds is 7. The second kappa shape index (κ2) is 9.03. The number of aliphatic hydroxyl groups is 1. The Hall–Kier alpha value is -1.64. The van der Waals surface area contributed by atoms with Crippen molar-refractivity contribution in [1.29, 1.82) is 0 Å². The molecule has 0 unspecified atom stereocenters. The van der Waals surface area contributed by atoms with Crippen molar-refractivity contribution in [3.63, 3.8) is 0 Å². The zero-order valence-electron chi connectivity index (χ0n) is 14.9. The van der Waals surface area contributed by atoms with E-state index in [-0.39, 0.29) is 18.1 Å². The highest BCUT2D eigenvalue weighted by Gasteiger charge is 2.28. The summed E-state index contributed by atoms with van der Waals surface area (Å²) >= 11 is 5.84. The van der Waals surface area contributed by atoms with Crippen LogP contribution in [0.4, 0.5) is 0 Å². The molecule has 2 aromatic carbocycles. The number of hydrogen-bond donors (Lipinski definition) is 1. The smallest absolute Gasteiger partial charge is 0.243 e. The molecular weight excluding hydrogens is 388 g/mol. The van der Waals surface area contributed by atoms with E-state index >= 15 is 0 Å². The maximum Gasteiger partial charge on any atom is 0.243 e. The number of ether oxygens (including phenoxy) is 1. The summed E-state index contributed by atoms with van der Waals surface area (Å²) in [7, 11) is -3.48. The van der Waals surface area contributed by atoms with Gasteiger partial charge < -0.3 is 9.84 Å². The van der Waals surface area contributed by atoms with Gasteiger partial charge in [-0.3, -0.25) is 4.90 Å². The number of piperazine rings is 1. The Labute approximate surface area is 165 Å². The summed E-state index contributed by atoms with van der Waals surface area (Å²) in [5.74, 6) is 0.728. The van der Waals surface area contributed by atoms with Gasteiger partial charge in [-0.1, -0.05) is 23.7 Å². The third-order valence-corrected chi connectivity index (χ3v) is 6.64. The second-order valence-electron chi connectivity index (χ2n) is 6.35. The molecule has 6 nitrogen and oxygen atoms in total. The van der Waals surface area contributed by atoms with Gasteiger partial charge in [0.15, 0.2) is 0 Å². The summed E-state index contributed by atoms with van der Waals surface area (Å²) in [4.78, 5) is 2.51. The fourth-order valence-corrected chi connectivity index (χ4v) is 4.54. The van der Waals surface area contributed by atoms with Crippen molar-refractivity contribution in [2.75, 3.05) is 39.4 Å². The number of aliphatic hydroxyl groups excluding tert-OH is 1. The summed E-state index contributed by atoms with van der Waals surface area (Å²) < 4.78 is 32.3. The molecule has 146 valence electrons. The molecule has 0 saturated carbocycles. The second-order valence-corrected chi connectivity index (χ2v) is 8.72. The molecule has 0 aromatic heterocycles. The van der Waals surface area contributed by atoms with Crippen LogP contribution in [-0.2, 0) is 16.6 Å². The van der Waals surface area contributed by atoms with E-state index in [9.17, 15) is 8.42 Å².